The zero-order valence-corrected chi connectivity index (χ0v) is 7.46. The van der Waals surface area contributed by atoms with Gasteiger partial charge in [0.25, 0.3) is 5.95 Å². The monoisotopic (exact) mass is 146 g/mol. The van der Waals surface area contributed by atoms with Gasteiger partial charge in [0.1, 0.15) is 0 Å². The Morgan fingerprint density at radius 3 is 2.44 bits per heavy atom. The van der Waals surface area contributed by atoms with Crippen LogP contribution < -0.4 is 0 Å². The number of hydrogen-bond acceptors (Lipinski definition) is 2. The summed E-state index contributed by atoms with van der Waals surface area (Å²) < 4.78 is 10.2. The van der Waals surface area contributed by atoms with Gasteiger partial charge in [-0.1, -0.05) is 0 Å². The molecule has 0 aromatic carbocycles. The van der Waals surface area contributed by atoms with Crippen LogP contribution in [0.25, 0.3) is 0 Å². The molecule has 0 amide bonds. The highest BCUT2D eigenvalue weighted by molar-refractivity contribution is 6.48. The van der Waals surface area contributed by atoms with E-state index >= 15 is 0 Å². The highest BCUT2D eigenvalue weighted by Crippen LogP contribution is 1.97. The lowest BCUT2D eigenvalue weighted by atomic mass is 10.8. The molecule has 0 aromatic rings. The molecule has 0 bridgehead atoms. The maximum absolute atomic E-state index is 5.21. The molecule has 0 spiro atoms. The van der Waals surface area contributed by atoms with E-state index in [-0.39, 0.29) is 0 Å². The van der Waals surface area contributed by atoms with Gasteiger partial charge < -0.3 is 9.16 Å². The molecular weight excluding hydrogens is 132 g/mol. The zero-order chi connectivity index (χ0) is 7.28. The van der Waals surface area contributed by atoms with E-state index in [9.17, 15) is 0 Å². The van der Waals surface area contributed by atoms with Crippen molar-refractivity contribution < 1.29 is 9.16 Å². The summed E-state index contributed by atoms with van der Waals surface area (Å²) in [6.07, 6.45) is 0. The third-order valence-electron chi connectivity index (χ3n) is 0.672. The van der Waals surface area contributed by atoms with E-state index in [0.29, 0.717) is 12.6 Å². The SMILES string of the molecule is C=C(OCC)O[SiH](C)C. The Morgan fingerprint density at radius 2 is 2.11 bits per heavy atom. The van der Waals surface area contributed by atoms with Crippen LogP contribution in [0, 0.1) is 0 Å². The summed E-state index contributed by atoms with van der Waals surface area (Å²) >= 11 is 0. The van der Waals surface area contributed by atoms with E-state index in [1.165, 1.54) is 0 Å². The Kier molecular flexibility index (Phi) is 4.22. The van der Waals surface area contributed by atoms with E-state index < -0.39 is 9.04 Å². The predicted molar refractivity (Wildman–Crippen MR) is 40.7 cm³/mol. The molecule has 3 heteroatoms. The summed E-state index contributed by atoms with van der Waals surface area (Å²) in [7, 11) is -0.985. The van der Waals surface area contributed by atoms with Gasteiger partial charge in [-0.3, -0.25) is 0 Å². The van der Waals surface area contributed by atoms with Gasteiger partial charge in [0.15, 0.2) is 0 Å². The fraction of sp³-hybridized carbons (Fsp3) is 0.667. The van der Waals surface area contributed by atoms with Crippen molar-refractivity contribution >= 4 is 9.04 Å². The molecule has 0 unspecified atom stereocenters. The van der Waals surface area contributed by atoms with Crippen LogP contribution in [0.15, 0.2) is 12.5 Å². The first-order chi connectivity index (χ1) is 4.16. The minimum Gasteiger partial charge on any atom is -0.523 e. The summed E-state index contributed by atoms with van der Waals surface area (Å²) in [5, 5.41) is 0. The smallest absolute Gasteiger partial charge is 0.257 e. The average molecular weight is 146 g/mol. The molecule has 0 aromatic heterocycles. The maximum atomic E-state index is 5.21. The largest absolute Gasteiger partial charge is 0.523 e. The van der Waals surface area contributed by atoms with Crippen molar-refractivity contribution in [3.63, 3.8) is 0 Å². The number of ether oxygens (including phenoxy) is 1. The molecule has 0 heterocycles. The highest BCUT2D eigenvalue weighted by atomic mass is 28.3. The zero-order valence-electron chi connectivity index (χ0n) is 6.31. The van der Waals surface area contributed by atoms with Crippen molar-refractivity contribution in [3.05, 3.63) is 12.5 Å². The molecule has 54 valence electrons. The summed E-state index contributed by atoms with van der Waals surface area (Å²) in [4.78, 5) is 0. The minimum absolute atomic E-state index is 0.471. The molecule has 0 atom stereocenters. The molecule has 0 saturated carbocycles. The van der Waals surface area contributed by atoms with Gasteiger partial charge in [-0.15, -0.1) is 0 Å². The lowest BCUT2D eigenvalue weighted by Crippen LogP contribution is -2.08. The molecule has 0 fully saturated rings. The summed E-state index contributed by atoms with van der Waals surface area (Å²) in [6.45, 7) is 10.3. The first kappa shape index (κ1) is 8.56. The molecule has 0 aliphatic rings. The molecule has 0 radical (unpaired) electrons. The van der Waals surface area contributed by atoms with Gasteiger partial charge in [-0.25, -0.2) is 0 Å². The second-order valence-corrected chi connectivity index (χ2v) is 4.30. The van der Waals surface area contributed by atoms with E-state index in [2.05, 4.69) is 19.7 Å². The molecule has 0 saturated heterocycles. The highest BCUT2D eigenvalue weighted by Gasteiger charge is 1.97. The molecular formula is C6H14O2Si. The second-order valence-electron chi connectivity index (χ2n) is 1.97. The Labute approximate surface area is 58.2 Å². The van der Waals surface area contributed by atoms with Crippen LogP contribution in [0.1, 0.15) is 6.92 Å². The standard InChI is InChI=1S/C6H14O2Si/c1-5-7-6(2)8-9(3)4/h9H,2,5H2,1,3-4H3. The number of hydrogen-bond donors (Lipinski definition) is 0. The maximum Gasteiger partial charge on any atom is 0.257 e. The fourth-order valence-electron chi connectivity index (χ4n) is 0.458. The summed E-state index contributed by atoms with van der Waals surface area (Å²) in [6, 6.07) is 0. The van der Waals surface area contributed by atoms with Crippen molar-refractivity contribution in [2.75, 3.05) is 6.61 Å². The third kappa shape index (κ3) is 5.43. The molecule has 0 rings (SSSR count). The van der Waals surface area contributed by atoms with E-state index in [1.807, 2.05) is 6.92 Å². The Hall–Kier alpha value is -0.443. The van der Waals surface area contributed by atoms with Crippen LogP contribution in [-0.2, 0) is 9.16 Å². The van der Waals surface area contributed by atoms with Crippen LogP contribution >= 0.6 is 0 Å². The van der Waals surface area contributed by atoms with Crippen molar-refractivity contribution in [1.29, 1.82) is 0 Å². The first-order valence-corrected chi connectivity index (χ1v) is 5.93. The first-order valence-electron chi connectivity index (χ1n) is 3.15. The topological polar surface area (TPSA) is 18.5 Å². The Bertz CT molecular complexity index is 91.1. The summed E-state index contributed by atoms with van der Waals surface area (Å²) in [5.41, 5.74) is 0. The number of rotatable bonds is 4. The van der Waals surface area contributed by atoms with Gasteiger partial charge >= 0.3 is 0 Å². The normalized spacial score (nSPS) is 9.33. The third-order valence-corrected chi connectivity index (χ3v) is 1.41. The molecule has 2 nitrogen and oxygen atoms in total. The van der Waals surface area contributed by atoms with Crippen molar-refractivity contribution in [1.82, 2.24) is 0 Å². The van der Waals surface area contributed by atoms with Crippen LogP contribution in [-0.4, -0.2) is 15.6 Å². The Balaban J connectivity index is 3.27. The van der Waals surface area contributed by atoms with Gasteiger partial charge in [0.2, 0.25) is 9.04 Å². The van der Waals surface area contributed by atoms with Gasteiger partial charge in [0.05, 0.1) is 6.61 Å². The fourth-order valence-corrected chi connectivity index (χ4v) is 1.05. The van der Waals surface area contributed by atoms with Gasteiger partial charge in [0, 0.05) is 0 Å². The predicted octanol–water partition coefficient (Wildman–Crippen LogP) is 1.49. The lowest BCUT2D eigenvalue weighted by Gasteiger charge is -2.10. The molecule has 0 aliphatic heterocycles. The van der Waals surface area contributed by atoms with E-state index in [1.54, 1.807) is 0 Å². The van der Waals surface area contributed by atoms with E-state index in [0.717, 1.165) is 0 Å². The second kappa shape index (κ2) is 4.44. The van der Waals surface area contributed by atoms with E-state index in [4.69, 9.17) is 9.16 Å². The minimum atomic E-state index is -0.985. The molecule has 9 heavy (non-hydrogen) atoms. The van der Waals surface area contributed by atoms with Crippen molar-refractivity contribution in [3.8, 4) is 0 Å². The van der Waals surface area contributed by atoms with Crippen LogP contribution in [0.5, 0.6) is 0 Å². The lowest BCUT2D eigenvalue weighted by molar-refractivity contribution is 0.118. The van der Waals surface area contributed by atoms with Crippen LogP contribution in [0.4, 0.5) is 0 Å². The Morgan fingerprint density at radius 1 is 1.56 bits per heavy atom. The van der Waals surface area contributed by atoms with Crippen LogP contribution in [0.2, 0.25) is 13.1 Å². The molecule has 0 N–H and O–H groups in total. The van der Waals surface area contributed by atoms with Crippen molar-refractivity contribution in [2.45, 2.75) is 20.0 Å². The average Bonchev–Trinajstić information content (AvgIpc) is 1.63. The van der Waals surface area contributed by atoms with Gasteiger partial charge in [-0.05, 0) is 26.6 Å². The summed E-state index contributed by atoms with van der Waals surface area (Å²) in [5.74, 6) is 0.471. The van der Waals surface area contributed by atoms with Gasteiger partial charge in [-0.2, -0.15) is 0 Å². The van der Waals surface area contributed by atoms with Crippen LogP contribution in [0.3, 0.4) is 0 Å². The molecule has 0 aliphatic carbocycles. The van der Waals surface area contributed by atoms with Crippen molar-refractivity contribution in [2.24, 2.45) is 0 Å². The quantitative estimate of drug-likeness (QED) is 0.442.